The molecule has 0 spiro atoms. The Balaban J connectivity index is 1.55. The van der Waals surface area contributed by atoms with Crippen molar-refractivity contribution < 1.29 is 14.3 Å². The van der Waals surface area contributed by atoms with Crippen molar-refractivity contribution in [2.24, 2.45) is 11.8 Å². The lowest BCUT2D eigenvalue weighted by atomic mass is 9.87. The zero-order valence-corrected chi connectivity index (χ0v) is 14.1. The first-order chi connectivity index (χ1) is 11.6. The van der Waals surface area contributed by atoms with E-state index in [1.807, 2.05) is 42.5 Å². The molecule has 0 radical (unpaired) electrons. The van der Waals surface area contributed by atoms with Crippen molar-refractivity contribution in [3.63, 3.8) is 0 Å². The molecule has 1 aliphatic rings. The Morgan fingerprint density at radius 3 is 2.62 bits per heavy atom. The highest BCUT2D eigenvalue weighted by Gasteiger charge is 2.17. The number of carbonyl (C=O) groups is 2. The van der Waals surface area contributed by atoms with Crippen LogP contribution in [0.2, 0.25) is 0 Å². The summed E-state index contributed by atoms with van der Waals surface area (Å²) in [5, 5.41) is 2.87. The molecule has 4 nitrogen and oxygen atoms in total. The molecule has 1 amide bonds. The smallest absolute Gasteiger partial charge is 0.306 e. The number of hydrogen-bond donors (Lipinski definition) is 1. The summed E-state index contributed by atoms with van der Waals surface area (Å²) in [5.74, 6) is 0.436. The standard InChI is InChI=1S/C20H25NO3/c1-16-8-5-6-11-18(16)14-19(22)21-13-7-12-20(23)24-15-17-9-3-2-4-10-17/h2-6,8-11,16,18H,7,12-15H2,1H3,(H,21,22). The van der Waals surface area contributed by atoms with Gasteiger partial charge in [-0.2, -0.15) is 0 Å². The highest BCUT2D eigenvalue weighted by Crippen LogP contribution is 2.21. The number of carbonyl (C=O) groups excluding carboxylic acids is 2. The number of rotatable bonds is 8. The Morgan fingerprint density at radius 2 is 1.88 bits per heavy atom. The Kier molecular flexibility index (Phi) is 7.27. The molecule has 0 aliphatic heterocycles. The number of allylic oxidation sites excluding steroid dienone is 4. The van der Waals surface area contributed by atoms with Gasteiger partial charge in [0.2, 0.25) is 5.91 Å². The van der Waals surface area contributed by atoms with Crippen LogP contribution in [0.5, 0.6) is 0 Å². The van der Waals surface area contributed by atoms with Crippen LogP contribution < -0.4 is 5.32 Å². The maximum atomic E-state index is 11.9. The molecule has 4 heteroatoms. The average Bonchev–Trinajstić information content (AvgIpc) is 2.60. The van der Waals surface area contributed by atoms with Crippen molar-refractivity contribution in [1.82, 2.24) is 5.32 Å². The van der Waals surface area contributed by atoms with E-state index in [0.717, 1.165) is 5.56 Å². The fraction of sp³-hybridized carbons (Fsp3) is 0.400. The van der Waals surface area contributed by atoms with E-state index in [1.54, 1.807) is 0 Å². The first kappa shape index (κ1) is 18.0. The summed E-state index contributed by atoms with van der Waals surface area (Å²) in [4.78, 5) is 23.6. The van der Waals surface area contributed by atoms with Crippen LogP contribution in [-0.2, 0) is 20.9 Å². The molecule has 0 saturated heterocycles. The van der Waals surface area contributed by atoms with E-state index < -0.39 is 0 Å². The number of nitrogens with one attached hydrogen (secondary N) is 1. The van der Waals surface area contributed by atoms with Crippen LogP contribution in [0, 0.1) is 11.8 Å². The summed E-state index contributed by atoms with van der Waals surface area (Å²) in [5.41, 5.74) is 0.975. The Labute approximate surface area is 143 Å². The number of esters is 1. The molecule has 24 heavy (non-hydrogen) atoms. The SMILES string of the molecule is CC1C=CC=CC1CC(=O)NCCCC(=O)OCc1ccccc1. The van der Waals surface area contributed by atoms with Crippen LogP contribution in [-0.4, -0.2) is 18.4 Å². The fourth-order valence-electron chi connectivity index (χ4n) is 2.58. The van der Waals surface area contributed by atoms with Gasteiger partial charge in [-0.05, 0) is 23.8 Å². The molecule has 0 heterocycles. The summed E-state index contributed by atoms with van der Waals surface area (Å²) >= 11 is 0. The molecule has 1 aliphatic carbocycles. The highest BCUT2D eigenvalue weighted by atomic mass is 16.5. The molecule has 0 bridgehead atoms. The van der Waals surface area contributed by atoms with Crippen LogP contribution in [0.1, 0.15) is 31.7 Å². The zero-order valence-electron chi connectivity index (χ0n) is 14.1. The second kappa shape index (κ2) is 9.71. The predicted molar refractivity (Wildman–Crippen MR) is 94.0 cm³/mol. The van der Waals surface area contributed by atoms with Gasteiger partial charge in [-0.1, -0.05) is 61.6 Å². The van der Waals surface area contributed by atoms with E-state index in [1.165, 1.54) is 0 Å². The largest absolute Gasteiger partial charge is 0.461 e. The van der Waals surface area contributed by atoms with Gasteiger partial charge in [-0.15, -0.1) is 0 Å². The van der Waals surface area contributed by atoms with Crippen molar-refractivity contribution in [1.29, 1.82) is 0 Å². The van der Waals surface area contributed by atoms with Gasteiger partial charge in [0.25, 0.3) is 0 Å². The molecular weight excluding hydrogens is 302 g/mol. The van der Waals surface area contributed by atoms with Gasteiger partial charge in [-0.3, -0.25) is 9.59 Å². The van der Waals surface area contributed by atoms with Crippen LogP contribution in [0.3, 0.4) is 0 Å². The summed E-state index contributed by atoms with van der Waals surface area (Å²) < 4.78 is 5.20. The highest BCUT2D eigenvalue weighted by molar-refractivity contribution is 5.76. The summed E-state index contributed by atoms with van der Waals surface area (Å²) in [7, 11) is 0. The molecule has 128 valence electrons. The van der Waals surface area contributed by atoms with E-state index in [9.17, 15) is 9.59 Å². The Hall–Kier alpha value is -2.36. The summed E-state index contributed by atoms with van der Waals surface area (Å²) in [6, 6.07) is 9.59. The van der Waals surface area contributed by atoms with Crippen LogP contribution in [0.4, 0.5) is 0 Å². The number of ether oxygens (including phenoxy) is 1. The minimum atomic E-state index is -0.234. The number of hydrogen-bond acceptors (Lipinski definition) is 3. The molecule has 0 saturated carbocycles. The van der Waals surface area contributed by atoms with E-state index in [4.69, 9.17) is 4.74 Å². The Morgan fingerprint density at radius 1 is 1.12 bits per heavy atom. The third-order valence-corrected chi connectivity index (χ3v) is 4.10. The molecule has 1 N–H and O–H groups in total. The van der Waals surface area contributed by atoms with Gasteiger partial charge in [0.1, 0.15) is 6.61 Å². The number of amides is 1. The second-order valence-electron chi connectivity index (χ2n) is 6.10. The fourth-order valence-corrected chi connectivity index (χ4v) is 2.58. The van der Waals surface area contributed by atoms with Gasteiger partial charge in [0.05, 0.1) is 0 Å². The zero-order chi connectivity index (χ0) is 17.2. The van der Waals surface area contributed by atoms with Crippen molar-refractivity contribution >= 4 is 11.9 Å². The lowest BCUT2D eigenvalue weighted by Crippen LogP contribution is -2.28. The van der Waals surface area contributed by atoms with Gasteiger partial charge < -0.3 is 10.1 Å². The minimum absolute atomic E-state index is 0.0319. The predicted octanol–water partition coefficient (Wildman–Crippen LogP) is 3.39. The lowest BCUT2D eigenvalue weighted by molar-refractivity contribution is -0.145. The van der Waals surface area contributed by atoms with Gasteiger partial charge >= 0.3 is 5.97 Å². The van der Waals surface area contributed by atoms with E-state index in [0.29, 0.717) is 38.3 Å². The van der Waals surface area contributed by atoms with Gasteiger partial charge in [0, 0.05) is 19.4 Å². The quantitative estimate of drug-likeness (QED) is 0.588. The van der Waals surface area contributed by atoms with Gasteiger partial charge in [-0.25, -0.2) is 0 Å². The van der Waals surface area contributed by atoms with Crippen molar-refractivity contribution in [3.05, 3.63) is 60.2 Å². The van der Waals surface area contributed by atoms with E-state index in [-0.39, 0.29) is 17.8 Å². The molecule has 0 aromatic heterocycles. The summed E-state index contributed by atoms with van der Waals surface area (Å²) in [6.07, 6.45) is 9.58. The van der Waals surface area contributed by atoms with Crippen molar-refractivity contribution in [3.8, 4) is 0 Å². The normalized spacial score (nSPS) is 19.0. The van der Waals surface area contributed by atoms with Crippen LogP contribution >= 0.6 is 0 Å². The third-order valence-electron chi connectivity index (χ3n) is 4.10. The molecule has 2 rings (SSSR count). The molecule has 2 atom stereocenters. The minimum Gasteiger partial charge on any atom is -0.461 e. The first-order valence-corrected chi connectivity index (χ1v) is 8.46. The van der Waals surface area contributed by atoms with Gasteiger partial charge in [0.15, 0.2) is 0 Å². The lowest BCUT2D eigenvalue weighted by Gasteiger charge is -2.19. The monoisotopic (exact) mass is 327 g/mol. The first-order valence-electron chi connectivity index (χ1n) is 8.46. The Bertz CT molecular complexity index is 592. The maximum Gasteiger partial charge on any atom is 0.306 e. The number of benzene rings is 1. The molecule has 1 aromatic rings. The topological polar surface area (TPSA) is 55.4 Å². The maximum absolute atomic E-state index is 11.9. The molecule has 2 unspecified atom stereocenters. The van der Waals surface area contributed by atoms with Crippen molar-refractivity contribution in [2.75, 3.05) is 6.54 Å². The van der Waals surface area contributed by atoms with E-state index >= 15 is 0 Å². The average molecular weight is 327 g/mol. The van der Waals surface area contributed by atoms with Crippen molar-refractivity contribution in [2.45, 2.75) is 32.8 Å². The van der Waals surface area contributed by atoms with Crippen LogP contribution in [0.15, 0.2) is 54.6 Å². The molecular formula is C20H25NO3. The summed E-state index contributed by atoms with van der Waals surface area (Å²) in [6.45, 7) is 2.91. The second-order valence-corrected chi connectivity index (χ2v) is 6.10. The van der Waals surface area contributed by atoms with E-state index in [2.05, 4.69) is 24.4 Å². The third kappa shape index (κ3) is 6.41. The van der Waals surface area contributed by atoms with Crippen LogP contribution in [0.25, 0.3) is 0 Å². The molecule has 1 aromatic carbocycles. The molecule has 0 fully saturated rings.